The first-order valence-corrected chi connectivity index (χ1v) is 10.6. The zero-order valence-electron chi connectivity index (χ0n) is 15.9. The Labute approximate surface area is 143 Å². The quantitative estimate of drug-likeness (QED) is 0.661. The largest absolute Gasteiger partial charge is 0.393 e. The Hall–Kier alpha value is -0.0400. The lowest BCUT2D eigenvalue weighted by Gasteiger charge is -2.62. The summed E-state index contributed by atoms with van der Waals surface area (Å²) >= 11 is 0. The number of aliphatic hydroxyl groups excluding tert-OH is 1. The Morgan fingerprint density at radius 3 is 2.35 bits per heavy atom. The molecule has 4 rings (SSSR count). The fourth-order valence-electron chi connectivity index (χ4n) is 7.95. The highest BCUT2D eigenvalue weighted by atomic mass is 16.3. The van der Waals surface area contributed by atoms with Gasteiger partial charge in [0.1, 0.15) is 0 Å². The maximum absolute atomic E-state index is 11.2. The van der Waals surface area contributed by atoms with Gasteiger partial charge in [-0.3, -0.25) is 0 Å². The van der Waals surface area contributed by atoms with Crippen LogP contribution in [0.25, 0.3) is 0 Å². The van der Waals surface area contributed by atoms with Gasteiger partial charge in [0.15, 0.2) is 0 Å². The van der Waals surface area contributed by atoms with Gasteiger partial charge in [-0.15, -0.1) is 0 Å². The van der Waals surface area contributed by atoms with Gasteiger partial charge in [0, 0.05) is 0 Å². The first-order chi connectivity index (χ1) is 10.9. The molecule has 0 saturated heterocycles. The minimum atomic E-state index is -0.0105. The fourth-order valence-corrected chi connectivity index (χ4v) is 7.95. The molecule has 0 heterocycles. The van der Waals surface area contributed by atoms with Crippen LogP contribution in [0, 0.1) is 46.3 Å². The normalized spacial score (nSPS) is 59.1. The summed E-state index contributed by atoms with van der Waals surface area (Å²) in [6.07, 6.45) is 12.3. The zero-order valence-corrected chi connectivity index (χ0v) is 15.9. The second-order valence-electron chi connectivity index (χ2n) is 10.4. The van der Waals surface area contributed by atoms with E-state index in [1.165, 1.54) is 51.4 Å². The predicted molar refractivity (Wildman–Crippen MR) is 96.1 cm³/mol. The molecule has 0 spiro atoms. The van der Waals surface area contributed by atoms with Crippen LogP contribution in [-0.4, -0.2) is 11.2 Å². The monoisotopic (exact) mass is 318 g/mol. The molecular weight excluding hydrogens is 280 g/mol. The first-order valence-electron chi connectivity index (χ1n) is 10.6. The third kappa shape index (κ3) is 2.21. The van der Waals surface area contributed by atoms with E-state index in [4.69, 9.17) is 0 Å². The van der Waals surface area contributed by atoms with Crippen molar-refractivity contribution in [3.8, 4) is 0 Å². The number of hydrogen-bond acceptors (Lipinski definition) is 1. The molecule has 0 radical (unpaired) electrons. The Morgan fingerprint density at radius 1 is 0.913 bits per heavy atom. The highest BCUT2D eigenvalue weighted by Gasteiger charge is 2.61. The molecule has 0 aliphatic heterocycles. The van der Waals surface area contributed by atoms with Crippen molar-refractivity contribution in [2.75, 3.05) is 0 Å². The average Bonchev–Trinajstić information content (AvgIpc) is 2.83. The van der Waals surface area contributed by atoms with Crippen LogP contribution in [0.2, 0.25) is 0 Å². The SMILES string of the molecule is CC[C@H]1CCC2(C)C(CC(O)C3C4CCC(C)C4(C)CCC32)C1. The molecule has 1 heteroatoms. The Morgan fingerprint density at radius 2 is 1.61 bits per heavy atom. The predicted octanol–water partition coefficient (Wildman–Crippen LogP) is 5.66. The van der Waals surface area contributed by atoms with Crippen molar-refractivity contribution in [3.05, 3.63) is 0 Å². The highest BCUT2D eigenvalue weighted by Crippen LogP contribution is 2.67. The van der Waals surface area contributed by atoms with Crippen LogP contribution in [0.3, 0.4) is 0 Å². The van der Waals surface area contributed by atoms with E-state index in [1.807, 2.05) is 0 Å². The number of aliphatic hydroxyl groups is 1. The van der Waals surface area contributed by atoms with Gasteiger partial charge in [0.25, 0.3) is 0 Å². The molecule has 1 N–H and O–H groups in total. The molecule has 0 bridgehead atoms. The maximum atomic E-state index is 11.2. The van der Waals surface area contributed by atoms with Crippen molar-refractivity contribution < 1.29 is 5.11 Å². The van der Waals surface area contributed by atoms with Crippen LogP contribution in [0.5, 0.6) is 0 Å². The van der Waals surface area contributed by atoms with Gasteiger partial charge >= 0.3 is 0 Å². The van der Waals surface area contributed by atoms with Gasteiger partial charge < -0.3 is 5.11 Å². The first kappa shape index (κ1) is 16.4. The van der Waals surface area contributed by atoms with E-state index in [0.29, 0.717) is 16.7 Å². The van der Waals surface area contributed by atoms with Gasteiger partial charge in [0.2, 0.25) is 0 Å². The van der Waals surface area contributed by atoms with E-state index in [0.717, 1.165) is 36.0 Å². The Bertz CT molecular complexity index is 459. The van der Waals surface area contributed by atoms with Gasteiger partial charge in [-0.1, -0.05) is 34.1 Å². The fraction of sp³-hybridized carbons (Fsp3) is 1.00. The summed E-state index contributed by atoms with van der Waals surface area (Å²) in [7, 11) is 0. The van der Waals surface area contributed by atoms with E-state index in [-0.39, 0.29) is 6.10 Å². The minimum Gasteiger partial charge on any atom is -0.393 e. The van der Waals surface area contributed by atoms with Crippen LogP contribution >= 0.6 is 0 Å². The van der Waals surface area contributed by atoms with Gasteiger partial charge in [-0.05, 0) is 97.7 Å². The lowest BCUT2D eigenvalue weighted by Crippen LogP contribution is -2.58. The molecule has 8 unspecified atom stereocenters. The molecule has 0 aromatic carbocycles. The van der Waals surface area contributed by atoms with Crippen molar-refractivity contribution in [1.29, 1.82) is 0 Å². The topological polar surface area (TPSA) is 20.2 Å². The number of hydrogen-bond donors (Lipinski definition) is 1. The standard InChI is InChI=1S/C22H38O/c1-5-15-8-10-22(4)16(12-15)13-19(23)20-17-7-6-14(2)21(17,3)11-9-18(20)22/h14-20,23H,5-13H2,1-4H3/t14?,15-,16?,17?,18?,19?,20?,21?,22?/m0/s1. The number of fused-ring (bicyclic) bond motifs is 5. The van der Waals surface area contributed by atoms with Crippen LogP contribution in [0.1, 0.15) is 85.5 Å². The summed E-state index contributed by atoms with van der Waals surface area (Å²) < 4.78 is 0. The van der Waals surface area contributed by atoms with Crippen molar-refractivity contribution in [1.82, 2.24) is 0 Å². The smallest absolute Gasteiger partial charge is 0.0577 e. The van der Waals surface area contributed by atoms with Gasteiger partial charge in [-0.2, -0.15) is 0 Å². The minimum absolute atomic E-state index is 0.0105. The van der Waals surface area contributed by atoms with E-state index in [1.54, 1.807) is 0 Å². The second-order valence-corrected chi connectivity index (χ2v) is 10.4. The van der Waals surface area contributed by atoms with E-state index in [9.17, 15) is 5.11 Å². The Kier molecular flexibility index (Phi) is 3.91. The molecule has 4 aliphatic carbocycles. The summed E-state index contributed by atoms with van der Waals surface area (Å²) in [6, 6.07) is 0. The molecule has 132 valence electrons. The zero-order chi connectivity index (χ0) is 16.4. The van der Waals surface area contributed by atoms with E-state index >= 15 is 0 Å². The molecule has 4 aliphatic rings. The van der Waals surface area contributed by atoms with Gasteiger partial charge in [0.05, 0.1) is 6.10 Å². The Balaban J connectivity index is 1.64. The van der Waals surface area contributed by atoms with Crippen LogP contribution in [-0.2, 0) is 0 Å². The average molecular weight is 319 g/mol. The van der Waals surface area contributed by atoms with E-state index in [2.05, 4.69) is 27.7 Å². The third-order valence-electron chi connectivity index (χ3n) is 9.84. The molecule has 23 heavy (non-hydrogen) atoms. The molecule has 1 nitrogen and oxygen atoms in total. The molecular formula is C22H38O. The third-order valence-corrected chi connectivity index (χ3v) is 9.84. The summed E-state index contributed by atoms with van der Waals surface area (Å²) in [5, 5.41) is 11.2. The van der Waals surface area contributed by atoms with Crippen molar-refractivity contribution >= 4 is 0 Å². The van der Waals surface area contributed by atoms with Crippen molar-refractivity contribution in [2.45, 2.75) is 91.6 Å². The summed E-state index contributed by atoms with van der Waals surface area (Å²) in [5.74, 6) is 4.79. The maximum Gasteiger partial charge on any atom is 0.0577 e. The lowest BCUT2D eigenvalue weighted by molar-refractivity contribution is -0.166. The summed E-state index contributed by atoms with van der Waals surface area (Å²) in [6.45, 7) is 10.0. The van der Waals surface area contributed by atoms with Crippen LogP contribution in [0.15, 0.2) is 0 Å². The second kappa shape index (κ2) is 5.48. The molecule has 0 aromatic heterocycles. The van der Waals surface area contributed by atoms with Crippen molar-refractivity contribution in [3.63, 3.8) is 0 Å². The van der Waals surface area contributed by atoms with E-state index < -0.39 is 0 Å². The van der Waals surface area contributed by atoms with Crippen LogP contribution in [0.4, 0.5) is 0 Å². The lowest BCUT2D eigenvalue weighted by atomic mass is 9.43. The molecule has 0 amide bonds. The summed E-state index contributed by atoms with van der Waals surface area (Å²) in [4.78, 5) is 0. The number of rotatable bonds is 1. The molecule has 9 atom stereocenters. The highest BCUT2D eigenvalue weighted by molar-refractivity contribution is 5.10. The molecule has 0 aromatic rings. The van der Waals surface area contributed by atoms with Gasteiger partial charge in [-0.25, -0.2) is 0 Å². The molecule has 4 saturated carbocycles. The van der Waals surface area contributed by atoms with Crippen molar-refractivity contribution in [2.24, 2.45) is 46.3 Å². The molecule has 4 fully saturated rings. The summed E-state index contributed by atoms with van der Waals surface area (Å²) in [5.41, 5.74) is 1.05. The van der Waals surface area contributed by atoms with Crippen LogP contribution < -0.4 is 0 Å².